The number of thioether (sulfide) groups is 1. The number of carboxylic acids is 1. The molecule has 33 heavy (non-hydrogen) atoms. The number of amides is 2. The summed E-state index contributed by atoms with van der Waals surface area (Å²) in [7, 11) is 0. The van der Waals surface area contributed by atoms with Crippen LogP contribution in [0.25, 0.3) is 6.08 Å². The fourth-order valence-electron chi connectivity index (χ4n) is 3.11. The zero-order valence-electron chi connectivity index (χ0n) is 16.7. The first-order chi connectivity index (χ1) is 15.3. The van der Waals surface area contributed by atoms with Crippen molar-refractivity contribution in [1.29, 1.82) is 0 Å². The molecule has 2 atom stereocenters. The number of carbonyl (C=O) groups is 3. The molecule has 16 heteroatoms. The smallest absolute Gasteiger partial charge is 0.543 e. The van der Waals surface area contributed by atoms with E-state index in [1.165, 1.54) is 28.5 Å². The number of aliphatic carboxylic acids is 1. The maximum absolute atomic E-state index is 12.7. The Kier molecular flexibility index (Phi) is 8.21. The SMILES string of the molecule is Nc1nc(C(=NO)C(=O)NC2C(=O)N3C(C(=O)[O-])=C(C=Cc4scnc4Cl)CS[C@H]23)cs1.[Na+]. The van der Waals surface area contributed by atoms with Gasteiger partial charge in [0.25, 0.3) is 11.8 Å². The van der Waals surface area contributed by atoms with Gasteiger partial charge in [0.15, 0.2) is 10.8 Å². The molecule has 2 amide bonds. The van der Waals surface area contributed by atoms with E-state index >= 15 is 0 Å². The molecule has 0 radical (unpaired) electrons. The third-order valence-electron chi connectivity index (χ3n) is 4.54. The fourth-order valence-corrected chi connectivity index (χ4v) is 5.84. The maximum Gasteiger partial charge on any atom is 1.00 e. The Hall–Kier alpha value is -1.94. The van der Waals surface area contributed by atoms with Gasteiger partial charge in [0.2, 0.25) is 0 Å². The van der Waals surface area contributed by atoms with Crippen LogP contribution in [0.4, 0.5) is 5.13 Å². The van der Waals surface area contributed by atoms with Gasteiger partial charge < -0.3 is 26.2 Å². The Labute approximate surface area is 225 Å². The number of nitrogens with two attached hydrogens (primary N) is 1. The summed E-state index contributed by atoms with van der Waals surface area (Å²) in [5, 5.41) is 27.6. The third-order valence-corrected chi connectivity index (χ3v) is 7.73. The summed E-state index contributed by atoms with van der Waals surface area (Å²) in [6.45, 7) is 0. The van der Waals surface area contributed by atoms with Crippen LogP contribution in [-0.2, 0) is 14.4 Å². The molecule has 1 unspecified atom stereocenters. The van der Waals surface area contributed by atoms with Crippen molar-refractivity contribution in [3.05, 3.63) is 44.0 Å². The average molecular weight is 535 g/mol. The van der Waals surface area contributed by atoms with E-state index in [1.54, 1.807) is 17.7 Å². The number of halogens is 1. The maximum atomic E-state index is 12.7. The van der Waals surface area contributed by atoms with Crippen LogP contribution in [0.5, 0.6) is 0 Å². The van der Waals surface area contributed by atoms with Crippen molar-refractivity contribution >= 4 is 80.7 Å². The van der Waals surface area contributed by atoms with Crippen LogP contribution in [0, 0.1) is 0 Å². The number of nitrogen functional groups attached to an aromatic ring is 1. The number of allylic oxidation sites excluding steroid dienone is 1. The predicted octanol–water partition coefficient (Wildman–Crippen LogP) is -2.87. The second-order valence-corrected chi connectivity index (χ2v) is 9.62. The first kappa shape index (κ1) is 25.7. The molecule has 1 saturated heterocycles. The fraction of sp³-hybridized carbons (Fsp3) is 0.176. The summed E-state index contributed by atoms with van der Waals surface area (Å²) in [5.74, 6) is -2.74. The topological polar surface area (TPSA) is 174 Å². The van der Waals surface area contributed by atoms with E-state index in [0.29, 0.717) is 10.5 Å². The van der Waals surface area contributed by atoms with Crippen molar-refractivity contribution in [3.63, 3.8) is 0 Å². The summed E-state index contributed by atoms with van der Waals surface area (Å²) >= 11 is 9.55. The first-order valence-corrected chi connectivity index (χ1v) is 11.9. The largest absolute Gasteiger partial charge is 1.00 e. The number of rotatable bonds is 6. The summed E-state index contributed by atoms with van der Waals surface area (Å²) in [4.78, 5) is 46.5. The number of oxime groups is 1. The number of β-lactam (4-membered cyclic amide) rings is 1. The predicted molar refractivity (Wildman–Crippen MR) is 118 cm³/mol. The molecule has 0 bridgehead atoms. The Morgan fingerprint density at radius 3 is 2.73 bits per heavy atom. The van der Waals surface area contributed by atoms with Crippen LogP contribution in [0.15, 0.2) is 33.4 Å². The summed E-state index contributed by atoms with van der Waals surface area (Å²) in [5.41, 5.74) is 6.82. The van der Waals surface area contributed by atoms with Crippen LogP contribution >= 0.6 is 46.0 Å². The van der Waals surface area contributed by atoms with Gasteiger partial charge in [0.05, 0.1) is 22.1 Å². The number of nitrogens with one attached hydrogen (secondary N) is 1. The number of carbonyl (C=O) groups excluding carboxylic acids is 3. The molecule has 2 aliphatic rings. The monoisotopic (exact) mass is 534 g/mol. The number of thiazole rings is 2. The molecular formula is C17H12ClN6NaO5S3. The molecule has 0 spiro atoms. The van der Waals surface area contributed by atoms with Gasteiger partial charge in [-0.15, -0.1) is 34.4 Å². The number of anilines is 1. The Bertz CT molecular complexity index is 1210. The molecule has 11 nitrogen and oxygen atoms in total. The summed E-state index contributed by atoms with van der Waals surface area (Å²) < 4.78 is 0. The third kappa shape index (κ3) is 4.96. The van der Waals surface area contributed by atoms with Gasteiger partial charge in [-0.05, 0) is 11.6 Å². The van der Waals surface area contributed by atoms with Gasteiger partial charge in [-0.2, -0.15) is 0 Å². The summed E-state index contributed by atoms with van der Waals surface area (Å²) in [6.07, 6.45) is 3.17. The van der Waals surface area contributed by atoms with Crippen LogP contribution in [0.2, 0.25) is 5.15 Å². The zero-order chi connectivity index (χ0) is 23.0. The van der Waals surface area contributed by atoms with Crippen LogP contribution in [-0.4, -0.2) is 60.7 Å². The zero-order valence-corrected chi connectivity index (χ0v) is 21.9. The molecule has 166 valence electrons. The van der Waals surface area contributed by atoms with Crippen molar-refractivity contribution < 1.29 is 54.3 Å². The molecule has 4 heterocycles. The van der Waals surface area contributed by atoms with Crippen LogP contribution < -0.4 is 45.7 Å². The van der Waals surface area contributed by atoms with Crippen molar-refractivity contribution in [3.8, 4) is 0 Å². The molecule has 2 aliphatic heterocycles. The van der Waals surface area contributed by atoms with Gasteiger partial charge >= 0.3 is 29.6 Å². The molecule has 1 fully saturated rings. The van der Waals surface area contributed by atoms with Crippen LogP contribution in [0.3, 0.4) is 0 Å². The molecule has 0 aromatic carbocycles. The number of carboxylic acid groups (broad SMARTS) is 1. The first-order valence-electron chi connectivity index (χ1n) is 8.72. The van der Waals surface area contributed by atoms with Crippen molar-refractivity contribution in [2.75, 3.05) is 11.5 Å². The minimum Gasteiger partial charge on any atom is -0.543 e. The summed E-state index contributed by atoms with van der Waals surface area (Å²) in [6, 6.07) is -1.02. The van der Waals surface area contributed by atoms with E-state index in [9.17, 15) is 24.7 Å². The molecule has 0 aliphatic carbocycles. The van der Waals surface area contributed by atoms with Crippen molar-refractivity contribution in [2.24, 2.45) is 5.16 Å². The molecule has 0 saturated carbocycles. The molecular weight excluding hydrogens is 523 g/mol. The number of nitrogens with zero attached hydrogens (tertiary/aromatic N) is 4. The quantitative estimate of drug-likeness (QED) is 0.116. The molecule has 4 rings (SSSR count). The normalized spacial score (nSPS) is 20.3. The Balaban J connectivity index is 0.00000306. The standard InChI is InChI=1S/C17H13ClN6O5S3.Na/c18-12-8(32-5-20-12)2-1-6-3-30-15-10(14(26)24(15)11(6)16(27)28)22-13(25)9(23-29)7-4-31-17(19)21-7;/h1-2,4-5,10,15,29H,3H2,(H2,19,21)(H,22,25)(H,27,28);/q;+1/p-1/t10?,15-;/m1./s1. The van der Waals surface area contributed by atoms with E-state index in [1.807, 2.05) is 0 Å². The van der Waals surface area contributed by atoms with Gasteiger partial charge in [-0.3, -0.25) is 14.5 Å². The van der Waals surface area contributed by atoms with E-state index in [-0.39, 0.29) is 57.0 Å². The number of aromatic nitrogens is 2. The molecule has 2 aromatic heterocycles. The minimum absolute atomic E-state index is 0. The molecule has 2 aromatic rings. The number of hydrogen-bond acceptors (Lipinski definition) is 12. The van der Waals surface area contributed by atoms with Gasteiger partial charge in [-0.25, -0.2) is 9.97 Å². The van der Waals surface area contributed by atoms with Gasteiger partial charge in [-0.1, -0.05) is 22.8 Å². The van der Waals surface area contributed by atoms with Gasteiger partial charge in [0, 0.05) is 11.1 Å². The Morgan fingerprint density at radius 1 is 1.39 bits per heavy atom. The second-order valence-electron chi connectivity index (χ2n) is 6.38. The average Bonchev–Trinajstić information content (AvgIpc) is 3.37. The van der Waals surface area contributed by atoms with E-state index < -0.39 is 34.9 Å². The Morgan fingerprint density at radius 2 is 2.15 bits per heavy atom. The van der Waals surface area contributed by atoms with E-state index in [2.05, 4.69) is 20.4 Å². The van der Waals surface area contributed by atoms with Crippen LogP contribution in [0.1, 0.15) is 10.6 Å². The molecule has 4 N–H and O–H groups in total. The van der Waals surface area contributed by atoms with Gasteiger partial charge in [0.1, 0.15) is 22.3 Å². The second kappa shape index (κ2) is 10.5. The van der Waals surface area contributed by atoms with E-state index in [0.717, 1.165) is 16.2 Å². The minimum atomic E-state index is -1.51. The number of fused-ring (bicyclic) bond motifs is 1. The van der Waals surface area contributed by atoms with Crippen molar-refractivity contribution in [1.82, 2.24) is 20.2 Å². The number of hydrogen-bond donors (Lipinski definition) is 3. The van der Waals surface area contributed by atoms with E-state index in [4.69, 9.17) is 17.3 Å². The van der Waals surface area contributed by atoms with Crippen molar-refractivity contribution in [2.45, 2.75) is 11.4 Å².